The average Bonchev–Trinajstić information content (AvgIpc) is 2.42. The van der Waals surface area contributed by atoms with E-state index in [-0.39, 0.29) is 17.6 Å². The first-order valence-electron chi connectivity index (χ1n) is 7.58. The monoisotopic (exact) mass is 296 g/mol. The van der Waals surface area contributed by atoms with Crippen molar-refractivity contribution < 1.29 is 13.6 Å². The van der Waals surface area contributed by atoms with E-state index in [0.29, 0.717) is 0 Å². The van der Waals surface area contributed by atoms with E-state index in [1.807, 2.05) is 6.92 Å². The topological polar surface area (TPSA) is 32.3 Å². The second kappa shape index (κ2) is 7.50. The maximum absolute atomic E-state index is 13.6. The molecule has 0 aliphatic carbocycles. The van der Waals surface area contributed by atoms with Gasteiger partial charge >= 0.3 is 0 Å². The van der Waals surface area contributed by atoms with Gasteiger partial charge in [-0.05, 0) is 45.0 Å². The fourth-order valence-electron chi connectivity index (χ4n) is 2.66. The van der Waals surface area contributed by atoms with Gasteiger partial charge in [0.05, 0.1) is 11.7 Å². The van der Waals surface area contributed by atoms with E-state index in [9.17, 15) is 13.6 Å². The van der Waals surface area contributed by atoms with Crippen LogP contribution in [-0.2, 0) is 4.79 Å². The van der Waals surface area contributed by atoms with Crippen molar-refractivity contribution in [1.82, 2.24) is 4.90 Å². The number of benzene rings is 1. The van der Waals surface area contributed by atoms with Crippen molar-refractivity contribution in [3.05, 3.63) is 29.8 Å². The van der Waals surface area contributed by atoms with E-state index >= 15 is 0 Å². The second-order valence-electron chi connectivity index (χ2n) is 5.59. The fraction of sp³-hybridized carbons (Fsp3) is 0.562. The highest BCUT2D eigenvalue weighted by Gasteiger charge is 2.22. The number of hydrogen-bond donors (Lipinski definition) is 1. The lowest BCUT2D eigenvalue weighted by Crippen LogP contribution is -2.43. The van der Waals surface area contributed by atoms with Crippen LogP contribution in [-0.4, -0.2) is 29.9 Å². The van der Waals surface area contributed by atoms with Gasteiger partial charge in [0.2, 0.25) is 5.91 Å². The molecule has 1 aliphatic heterocycles. The smallest absolute Gasteiger partial charge is 0.241 e. The maximum Gasteiger partial charge on any atom is 0.241 e. The van der Waals surface area contributed by atoms with Crippen molar-refractivity contribution in [3.8, 4) is 0 Å². The SMILES string of the molecule is C[C@@H](C(=O)Nc1cc(F)ccc1F)N1CCCCCCC1. The Morgan fingerprint density at radius 2 is 1.76 bits per heavy atom. The molecule has 0 spiro atoms. The van der Waals surface area contributed by atoms with Crippen LogP contribution in [0.1, 0.15) is 39.0 Å². The molecule has 21 heavy (non-hydrogen) atoms. The third-order valence-corrected chi connectivity index (χ3v) is 4.00. The summed E-state index contributed by atoms with van der Waals surface area (Å²) in [6, 6.07) is 2.72. The summed E-state index contributed by atoms with van der Waals surface area (Å²) in [6.07, 6.45) is 5.77. The zero-order valence-electron chi connectivity index (χ0n) is 12.4. The molecule has 1 amide bonds. The molecule has 1 aromatic rings. The standard InChI is InChI=1S/C16H22F2N2O/c1-12(20-9-5-3-2-4-6-10-20)16(21)19-15-11-13(17)7-8-14(15)18/h7-8,11-12H,2-6,9-10H2,1H3,(H,19,21)/t12-/m0/s1. The van der Waals surface area contributed by atoms with Gasteiger partial charge in [-0.1, -0.05) is 19.3 Å². The minimum Gasteiger partial charge on any atom is -0.322 e. The van der Waals surface area contributed by atoms with E-state index in [2.05, 4.69) is 10.2 Å². The predicted molar refractivity (Wildman–Crippen MR) is 79.1 cm³/mol. The Hall–Kier alpha value is -1.49. The Morgan fingerprint density at radius 1 is 1.14 bits per heavy atom. The van der Waals surface area contributed by atoms with Gasteiger partial charge in [-0.25, -0.2) is 8.78 Å². The molecular formula is C16H22F2N2O. The Kier molecular flexibility index (Phi) is 5.67. The summed E-state index contributed by atoms with van der Waals surface area (Å²) in [4.78, 5) is 14.3. The molecule has 5 heteroatoms. The number of anilines is 1. The first-order valence-corrected chi connectivity index (χ1v) is 7.58. The molecule has 1 aliphatic rings. The summed E-state index contributed by atoms with van der Waals surface area (Å²) in [7, 11) is 0. The quantitative estimate of drug-likeness (QED) is 0.925. The average molecular weight is 296 g/mol. The van der Waals surface area contributed by atoms with E-state index < -0.39 is 11.6 Å². The van der Waals surface area contributed by atoms with Crippen LogP contribution >= 0.6 is 0 Å². The van der Waals surface area contributed by atoms with Crippen molar-refractivity contribution in [1.29, 1.82) is 0 Å². The summed E-state index contributed by atoms with van der Waals surface area (Å²) in [5.74, 6) is -1.48. The zero-order valence-corrected chi connectivity index (χ0v) is 12.4. The van der Waals surface area contributed by atoms with Gasteiger partial charge in [0.1, 0.15) is 11.6 Å². The fourth-order valence-corrected chi connectivity index (χ4v) is 2.66. The molecule has 0 saturated carbocycles. The van der Waals surface area contributed by atoms with Crippen LogP contribution in [0, 0.1) is 11.6 Å². The lowest BCUT2D eigenvalue weighted by atomic mass is 10.1. The summed E-state index contributed by atoms with van der Waals surface area (Å²) in [5.41, 5.74) is -0.0982. The van der Waals surface area contributed by atoms with Crippen molar-refractivity contribution in [2.24, 2.45) is 0 Å². The third-order valence-electron chi connectivity index (χ3n) is 4.00. The number of amides is 1. The number of nitrogens with zero attached hydrogens (tertiary/aromatic N) is 1. The number of carbonyl (C=O) groups excluding carboxylic acids is 1. The van der Waals surface area contributed by atoms with E-state index in [1.54, 1.807) is 0 Å². The molecule has 0 bridgehead atoms. The summed E-state index contributed by atoms with van der Waals surface area (Å²) < 4.78 is 26.7. The highest BCUT2D eigenvalue weighted by Crippen LogP contribution is 2.17. The molecule has 1 N–H and O–H groups in total. The van der Waals surface area contributed by atoms with Gasteiger partial charge in [-0.15, -0.1) is 0 Å². The maximum atomic E-state index is 13.6. The van der Waals surface area contributed by atoms with Crippen LogP contribution < -0.4 is 5.32 Å². The van der Waals surface area contributed by atoms with Crippen LogP contribution in [0.2, 0.25) is 0 Å². The van der Waals surface area contributed by atoms with Gasteiger partial charge < -0.3 is 5.32 Å². The van der Waals surface area contributed by atoms with E-state index in [1.165, 1.54) is 19.3 Å². The molecule has 1 heterocycles. The molecule has 1 atom stereocenters. The summed E-state index contributed by atoms with van der Waals surface area (Å²) in [5, 5.41) is 2.49. The van der Waals surface area contributed by atoms with Gasteiger partial charge in [-0.3, -0.25) is 9.69 Å². The molecule has 116 valence electrons. The third kappa shape index (κ3) is 4.49. The summed E-state index contributed by atoms with van der Waals surface area (Å²) >= 11 is 0. The number of hydrogen-bond acceptors (Lipinski definition) is 2. The molecule has 1 aromatic carbocycles. The molecule has 0 aromatic heterocycles. The van der Waals surface area contributed by atoms with E-state index in [4.69, 9.17) is 0 Å². The van der Waals surface area contributed by atoms with Crippen LogP contribution in [0.3, 0.4) is 0 Å². The molecular weight excluding hydrogens is 274 g/mol. The molecule has 3 nitrogen and oxygen atoms in total. The number of nitrogens with one attached hydrogen (secondary N) is 1. The van der Waals surface area contributed by atoms with Crippen molar-refractivity contribution in [3.63, 3.8) is 0 Å². The highest BCUT2D eigenvalue weighted by molar-refractivity contribution is 5.94. The summed E-state index contributed by atoms with van der Waals surface area (Å²) in [6.45, 7) is 3.56. The lowest BCUT2D eigenvalue weighted by Gasteiger charge is -2.29. The van der Waals surface area contributed by atoms with Crippen LogP contribution in [0.5, 0.6) is 0 Å². The Morgan fingerprint density at radius 3 is 2.43 bits per heavy atom. The minimum absolute atomic E-state index is 0.0982. The molecule has 1 saturated heterocycles. The molecule has 0 unspecified atom stereocenters. The Bertz CT molecular complexity index is 485. The molecule has 2 rings (SSSR count). The van der Waals surface area contributed by atoms with E-state index in [0.717, 1.165) is 44.1 Å². The largest absolute Gasteiger partial charge is 0.322 e. The number of carbonyl (C=O) groups is 1. The molecule has 1 fully saturated rings. The van der Waals surface area contributed by atoms with Crippen LogP contribution in [0.15, 0.2) is 18.2 Å². The number of rotatable bonds is 3. The first kappa shape index (κ1) is 15.9. The van der Waals surface area contributed by atoms with Gasteiger partial charge in [-0.2, -0.15) is 0 Å². The zero-order chi connectivity index (χ0) is 15.2. The number of likely N-dealkylation sites (tertiary alicyclic amines) is 1. The molecule has 0 radical (unpaired) electrons. The first-order chi connectivity index (χ1) is 10.1. The lowest BCUT2D eigenvalue weighted by molar-refractivity contribution is -0.120. The van der Waals surface area contributed by atoms with Crippen molar-refractivity contribution in [2.45, 2.75) is 45.1 Å². The Balaban J connectivity index is 1.99. The predicted octanol–water partition coefficient (Wildman–Crippen LogP) is 3.56. The van der Waals surface area contributed by atoms with Gasteiger partial charge in [0.15, 0.2) is 0 Å². The van der Waals surface area contributed by atoms with Gasteiger partial charge in [0.25, 0.3) is 0 Å². The highest BCUT2D eigenvalue weighted by atomic mass is 19.1. The minimum atomic E-state index is -0.621. The van der Waals surface area contributed by atoms with Crippen molar-refractivity contribution >= 4 is 11.6 Å². The van der Waals surface area contributed by atoms with Crippen LogP contribution in [0.25, 0.3) is 0 Å². The Labute approximate surface area is 124 Å². The van der Waals surface area contributed by atoms with Crippen molar-refractivity contribution in [2.75, 3.05) is 18.4 Å². The second-order valence-corrected chi connectivity index (χ2v) is 5.59. The van der Waals surface area contributed by atoms with Gasteiger partial charge in [0, 0.05) is 6.07 Å². The normalized spacial score (nSPS) is 18.6. The number of halogens is 2. The van der Waals surface area contributed by atoms with Crippen LogP contribution in [0.4, 0.5) is 14.5 Å².